The third-order valence-corrected chi connectivity index (χ3v) is 6.44. The minimum Gasteiger partial charge on any atom is -0.481 e. The van der Waals surface area contributed by atoms with Crippen molar-refractivity contribution in [1.29, 1.82) is 0 Å². The molecule has 1 aliphatic heterocycles. The number of nitrogens with two attached hydrogens (primary N) is 1. The lowest BCUT2D eigenvalue weighted by atomic mass is 10.1. The predicted molar refractivity (Wildman–Crippen MR) is 146 cm³/mol. The number of ether oxygens (including phenoxy) is 2. The largest absolute Gasteiger partial charge is 0.481 e. The van der Waals surface area contributed by atoms with Crippen LogP contribution in [0, 0.1) is 0 Å². The number of nitrogens with one attached hydrogen (secondary N) is 2. The molecule has 3 aromatic carbocycles. The lowest BCUT2D eigenvalue weighted by molar-refractivity contribution is -0.134. The van der Waals surface area contributed by atoms with Crippen LogP contribution in [0.3, 0.4) is 0 Å². The Balaban J connectivity index is 0.000000650. The van der Waals surface area contributed by atoms with E-state index in [2.05, 4.69) is 31.7 Å². The van der Waals surface area contributed by atoms with Crippen LogP contribution >= 0.6 is 0 Å². The van der Waals surface area contributed by atoms with Gasteiger partial charge in [0.05, 0.1) is 33.9 Å². The van der Waals surface area contributed by atoms with Crippen molar-refractivity contribution in [3.05, 3.63) is 82.5 Å². The molecule has 4 heterocycles. The maximum absolute atomic E-state index is 13.2. The average molecular weight is 525 g/mol. The lowest BCUT2D eigenvalue weighted by Gasteiger charge is -2.08. The first-order valence-electron chi connectivity index (χ1n) is 12.2. The van der Waals surface area contributed by atoms with E-state index in [-0.39, 0.29) is 12.4 Å². The highest BCUT2D eigenvalue weighted by molar-refractivity contribution is 5.98. The molecule has 196 valence electrons. The summed E-state index contributed by atoms with van der Waals surface area (Å²) in [4.78, 5) is 37.3. The first-order chi connectivity index (χ1) is 18.9. The maximum atomic E-state index is 13.2. The molecule has 0 fully saturated rings. The number of carboxylic acid groups (broad SMARTS) is 1. The van der Waals surface area contributed by atoms with Crippen molar-refractivity contribution < 1.29 is 19.4 Å². The summed E-state index contributed by atoms with van der Waals surface area (Å²) in [6.07, 6.45) is 3.59. The molecule has 0 unspecified atom stereocenters. The van der Waals surface area contributed by atoms with Gasteiger partial charge >= 0.3 is 0 Å². The Kier molecular flexibility index (Phi) is 5.97. The number of aromatic amines is 2. The predicted octanol–water partition coefficient (Wildman–Crippen LogP) is 3.75. The van der Waals surface area contributed by atoms with Crippen LogP contribution in [0.5, 0.6) is 11.5 Å². The van der Waals surface area contributed by atoms with Gasteiger partial charge in [-0.3, -0.25) is 9.59 Å². The van der Waals surface area contributed by atoms with Gasteiger partial charge in [0.1, 0.15) is 5.69 Å². The molecule has 6 aromatic rings. The SMILES string of the molecule is CC(=O)O.NCc1cccc(Cn2cc(-c3nc4cc5[nH]cnc5cc4[nH]c3=O)c3cc4c(cc32)OCO4)c1. The second-order valence-corrected chi connectivity index (χ2v) is 9.14. The number of carboxylic acids is 1. The van der Waals surface area contributed by atoms with E-state index in [1.165, 1.54) is 0 Å². The number of hydrogen-bond acceptors (Lipinski definition) is 7. The van der Waals surface area contributed by atoms with Gasteiger partial charge in [-0.2, -0.15) is 0 Å². The summed E-state index contributed by atoms with van der Waals surface area (Å²) >= 11 is 0. The van der Waals surface area contributed by atoms with E-state index in [0.717, 1.165) is 45.6 Å². The van der Waals surface area contributed by atoms with E-state index in [0.29, 0.717) is 41.3 Å². The van der Waals surface area contributed by atoms with Crippen LogP contribution < -0.4 is 20.8 Å². The summed E-state index contributed by atoms with van der Waals surface area (Å²) < 4.78 is 13.4. The molecule has 1 aliphatic rings. The van der Waals surface area contributed by atoms with Crippen molar-refractivity contribution in [2.75, 3.05) is 6.79 Å². The minimum atomic E-state index is -0.833. The number of aromatic nitrogens is 5. The molecule has 5 N–H and O–H groups in total. The molecule has 7 rings (SSSR count). The molecule has 11 nitrogen and oxygen atoms in total. The van der Waals surface area contributed by atoms with Gasteiger partial charge in [-0.05, 0) is 29.3 Å². The zero-order valence-electron chi connectivity index (χ0n) is 20.9. The first kappa shape index (κ1) is 24.2. The zero-order valence-corrected chi connectivity index (χ0v) is 20.9. The van der Waals surface area contributed by atoms with E-state index in [4.69, 9.17) is 30.1 Å². The van der Waals surface area contributed by atoms with Gasteiger partial charge in [0.2, 0.25) is 6.79 Å². The molecular formula is C28H24N6O5. The molecule has 11 heteroatoms. The fraction of sp³-hybridized carbons (Fsp3) is 0.143. The first-order valence-corrected chi connectivity index (χ1v) is 12.2. The van der Waals surface area contributed by atoms with E-state index in [9.17, 15) is 4.79 Å². The lowest BCUT2D eigenvalue weighted by Crippen LogP contribution is -2.11. The fourth-order valence-corrected chi connectivity index (χ4v) is 4.75. The number of rotatable bonds is 4. The highest BCUT2D eigenvalue weighted by atomic mass is 16.7. The fourth-order valence-electron chi connectivity index (χ4n) is 4.75. The molecule has 39 heavy (non-hydrogen) atoms. The molecule has 0 amide bonds. The third-order valence-electron chi connectivity index (χ3n) is 6.44. The topological polar surface area (TPSA) is 161 Å². The molecule has 0 saturated heterocycles. The number of fused-ring (bicyclic) bond motifs is 4. The van der Waals surface area contributed by atoms with Crippen molar-refractivity contribution >= 4 is 38.9 Å². The number of benzene rings is 3. The van der Waals surface area contributed by atoms with E-state index < -0.39 is 5.97 Å². The van der Waals surface area contributed by atoms with Gasteiger partial charge in [-0.1, -0.05) is 24.3 Å². The number of carbonyl (C=O) groups is 1. The van der Waals surface area contributed by atoms with Crippen LogP contribution in [0.1, 0.15) is 18.1 Å². The molecule has 0 bridgehead atoms. The summed E-state index contributed by atoms with van der Waals surface area (Å²) in [6.45, 7) is 2.33. The molecule has 0 saturated carbocycles. The Morgan fingerprint density at radius 1 is 1.08 bits per heavy atom. The van der Waals surface area contributed by atoms with Crippen molar-refractivity contribution in [2.45, 2.75) is 20.0 Å². The van der Waals surface area contributed by atoms with Gasteiger partial charge in [-0.25, -0.2) is 9.97 Å². The van der Waals surface area contributed by atoms with Crippen LogP contribution in [-0.2, 0) is 17.9 Å². The summed E-state index contributed by atoms with van der Waals surface area (Å²) in [5, 5.41) is 8.28. The van der Waals surface area contributed by atoms with Crippen molar-refractivity contribution in [2.24, 2.45) is 5.73 Å². The number of imidazole rings is 1. The van der Waals surface area contributed by atoms with Gasteiger partial charge in [0.25, 0.3) is 11.5 Å². The van der Waals surface area contributed by atoms with Crippen LogP contribution in [0.25, 0.3) is 44.2 Å². The van der Waals surface area contributed by atoms with Crippen LogP contribution in [0.15, 0.2) is 65.8 Å². The Bertz CT molecular complexity index is 1930. The normalized spacial score (nSPS) is 12.2. The second kappa shape index (κ2) is 9.62. The molecule has 0 radical (unpaired) electrons. The molecule has 0 spiro atoms. The number of aliphatic carboxylic acids is 1. The summed E-state index contributed by atoms with van der Waals surface area (Å²) in [5.74, 6) is 0.499. The van der Waals surface area contributed by atoms with Crippen molar-refractivity contribution in [3.8, 4) is 22.8 Å². The molecular weight excluding hydrogens is 500 g/mol. The molecule has 3 aromatic heterocycles. The van der Waals surface area contributed by atoms with E-state index >= 15 is 0 Å². The van der Waals surface area contributed by atoms with Crippen molar-refractivity contribution in [3.63, 3.8) is 0 Å². The molecule has 0 atom stereocenters. The smallest absolute Gasteiger partial charge is 0.300 e. The monoisotopic (exact) mass is 524 g/mol. The van der Waals surface area contributed by atoms with E-state index in [1.54, 1.807) is 6.33 Å². The van der Waals surface area contributed by atoms with Crippen LogP contribution in [0.4, 0.5) is 0 Å². The maximum Gasteiger partial charge on any atom is 0.300 e. The summed E-state index contributed by atoms with van der Waals surface area (Å²) in [6, 6.07) is 15.8. The number of H-pyrrole nitrogens is 2. The second-order valence-electron chi connectivity index (χ2n) is 9.14. The zero-order chi connectivity index (χ0) is 27.1. The Labute approximate surface area is 220 Å². The standard InChI is InChI=1S/C26H20N6O3.C2H4O2/c27-9-14-2-1-3-15(4-14)10-32-11-17(16-5-23-24(8-22(16)32)35-13-34-23)25-26(33)31-21-7-19-18(28-12-29-19)6-20(21)30-25;1-2(3)4/h1-8,11-12H,9-10,13,27H2,(H,28,29)(H,31,33);1H3,(H,3,4). The van der Waals surface area contributed by atoms with Crippen molar-refractivity contribution in [1.82, 2.24) is 24.5 Å². The highest BCUT2D eigenvalue weighted by Crippen LogP contribution is 2.40. The average Bonchev–Trinajstić information content (AvgIpc) is 3.64. The Morgan fingerprint density at radius 2 is 1.82 bits per heavy atom. The number of nitrogens with zero attached hydrogens (tertiary/aromatic N) is 3. The summed E-state index contributed by atoms with van der Waals surface area (Å²) in [5.41, 5.74) is 12.7. The Hall–Kier alpha value is -5.16. The van der Waals surface area contributed by atoms with Crippen LogP contribution in [-0.4, -0.2) is 42.4 Å². The quantitative estimate of drug-likeness (QED) is 0.271. The van der Waals surface area contributed by atoms with Gasteiger partial charge in [0.15, 0.2) is 11.5 Å². The Morgan fingerprint density at radius 3 is 2.62 bits per heavy atom. The minimum absolute atomic E-state index is 0.171. The van der Waals surface area contributed by atoms with Crippen LogP contribution in [0.2, 0.25) is 0 Å². The highest BCUT2D eigenvalue weighted by Gasteiger charge is 2.21. The van der Waals surface area contributed by atoms with Gasteiger partial charge < -0.3 is 34.8 Å². The van der Waals surface area contributed by atoms with Gasteiger partial charge in [-0.15, -0.1) is 0 Å². The number of hydrogen-bond donors (Lipinski definition) is 4. The molecule has 0 aliphatic carbocycles. The summed E-state index contributed by atoms with van der Waals surface area (Å²) in [7, 11) is 0. The van der Waals surface area contributed by atoms with E-state index in [1.807, 2.05) is 42.6 Å². The third kappa shape index (κ3) is 4.55. The van der Waals surface area contributed by atoms with Gasteiger partial charge in [0, 0.05) is 43.2 Å².